The lowest BCUT2D eigenvalue weighted by molar-refractivity contribution is 0.0279. The van der Waals surface area contributed by atoms with Crippen molar-refractivity contribution in [3.63, 3.8) is 0 Å². The van der Waals surface area contributed by atoms with Crippen LogP contribution in [0, 0.1) is 0 Å². The molecule has 1 aromatic rings. The van der Waals surface area contributed by atoms with E-state index in [1.807, 2.05) is 42.3 Å². The number of benzene rings is 1. The van der Waals surface area contributed by atoms with Gasteiger partial charge in [0.25, 0.3) is 0 Å². The van der Waals surface area contributed by atoms with E-state index in [0.717, 1.165) is 24.2 Å². The van der Waals surface area contributed by atoms with E-state index < -0.39 is 5.60 Å². The van der Waals surface area contributed by atoms with Crippen LogP contribution < -0.4 is 0 Å². The average molecular weight is 274 g/mol. The molecule has 1 aliphatic rings. The Balaban J connectivity index is 1.85. The lowest BCUT2D eigenvalue weighted by Gasteiger charge is -2.27. The minimum Gasteiger partial charge on any atom is -0.390 e. The van der Waals surface area contributed by atoms with Crippen LogP contribution >= 0.6 is 0 Å². The zero-order chi connectivity index (χ0) is 14.6. The Hall–Kier alpha value is -1.65. The summed E-state index contributed by atoms with van der Waals surface area (Å²) in [6, 6.07) is 10.1. The summed E-state index contributed by atoms with van der Waals surface area (Å²) < 4.78 is 0. The first-order valence-electron chi connectivity index (χ1n) is 6.83. The van der Waals surface area contributed by atoms with Crippen molar-refractivity contribution in [2.75, 3.05) is 20.1 Å². The van der Waals surface area contributed by atoms with Gasteiger partial charge in [-0.05, 0) is 19.5 Å². The smallest absolute Gasteiger partial charge is 0.145 e. The summed E-state index contributed by atoms with van der Waals surface area (Å²) >= 11 is 0. The van der Waals surface area contributed by atoms with E-state index in [2.05, 4.69) is 11.7 Å². The largest absolute Gasteiger partial charge is 0.390 e. The Kier molecular flexibility index (Phi) is 4.57. The first-order valence-corrected chi connectivity index (χ1v) is 6.83. The molecule has 0 spiro atoms. The van der Waals surface area contributed by atoms with Crippen LogP contribution in [0.25, 0.3) is 0 Å². The zero-order valence-electron chi connectivity index (χ0n) is 12.1. The van der Waals surface area contributed by atoms with Crippen molar-refractivity contribution >= 4 is 5.71 Å². The van der Waals surface area contributed by atoms with Crippen LogP contribution in [0.3, 0.4) is 0 Å². The van der Waals surface area contributed by atoms with Crippen molar-refractivity contribution in [2.45, 2.75) is 25.0 Å². The average Bonchev–Trinajstić information content (AvgIpc) is 2.87. The second-order valence-electron chi connectivity index (χ2n) is 5.59. The molecule has 0 radical (unpaired) electrons. The van der Waals surface area contributed by atoms with Crippen LogP contribution in [0.5, 0.6) is 0 Å². The molecular weight excluding hydrogens is 252 g/mol. The van der Waals surface area contributed by atoms with Crippen LogP contribution in [0.15, 0.2) is 48.1 Å². The summed E-state index contributed by atoms with van der Waals surface area (Å²) in [4.78, 5) is 7.52. The van der Waals surface area contributed by atoms with E-state index in [9.17, 15) is 5.11 Å². The molecule has 1 aromatic carbocycles. The van der Waals surface area contributed by atoms with Crippen LogP contribution in [-0.2, 0) is 4.84 Å². The zero-order valence-corrected chi connectivity index (χ0v) is 12.1. The maximum Gasteiger partial charge on any atom is 0.145 e. The third kappa shape index (κ3) is 3.92. The van der Waals surface area contributed by atoms with Crippen LogP contribution in [0.4, 0.5) is 0 Å². The minimum atomic E-state index is -0.879. The number of oxime groups is 1. The van der Waals surface area contributed by atoms with Crippen LogP contribution in [0.2, 0.25) is 0 Å². The van der Waals surface area contributed by atoms with E-state index in [-0.39, 0.29) is 6.10 Å². The molecule has 108 valence electrons. The van der Waals surface area contributed by atoms with Crippen LogP contribution in [-0.4, -0.2) is 47.6 Å². The van der Waals surface area contributed by atoms with E-state index in [1.165, 1.54) is 0 Å². The van der Waals surface area contributed by atoms with Crippen molar-refractivity contribution in [2.24, 2.45) is 5.16 Å². The van der Waals surface area contributed by atoms with Gasteiger partial charge in [-0.25, -0.2) is 0 Å². The third-order valence-electron chi connectivity index (χ3n) is 3.39. The number of likely N-dealkylation sites (N-methyl/N-ethyl adjacent to an activating group) is 1. The predicted molar refractivity (Wildman–Crippen MR) is 80.8 cm³/mol. The molecule has 2 unspecified atom stereocenters. The molecule has 0 fully saturated rings. The number of hydrogen-bond acceptors (Lipinski definition) is 4. The third-order valence-corrected chi connectivity index (χ3v) is 3.39. The number of nitrogens with zero attached hydrogens (tertiary/aromatic N) is 2. The Morgan fingerprint density at radius 1 is 1.50 bits per heavy atom. The van der Waals surface area contributed by atoms with Crippen molar-refractivity contribution in [1.29, 1.82) is 0 Å². The molecule has 0 saturated carbocycles. The van der Waals surface area contributed by atoms with Gasteiger partial charge in [0.1, 0.15) is 6.10 Å². The van der Waals surface area contributed by atoms with E-state index >= 15 is 0 Å². The molecule has 1 heterocycles. The molecule has 4 nitrogen and oxygen atoms in total. The number of rotatable bonds is 6. The van der Waals surface area contributed by atoms with Gasteiger partial charge >= 0.3 is 0 Å². The van der Waals surface area contributed by atoms with Gasteiger partial charge in [-0.3, -0.25) is 4.90 Å². The van der Waals surface area contributed by atoms with Crippen molar-refractivity contribution in [1.82, 2.24) is 4.90 Å². The summed E-state index contributed by atoms with van der Waals surface area (Å²) in [7, 11) is 1.96. The first kappa shape index (κ1) is 14.8. The summed E-state index contributed by atoms with van der Waals surface area (Å²) in [5, 5.41) is 14.1. The fraction of sp³-hybridized carbons (Fsp3) is 0.438. The number of hydrogen-bond donors (Lipinski definition) is 1. The molecule has 0 aromatic heterocycles. The molecule has 0 bridgehead atoms. The Morgan fingerprint density at radius 3 is 2.85 bits per heavy atom. The summed E-state index contributed by atoms with van der Waals surface area (Å²) in [6.07, 6.45) is 2.39. The Labute approximate surface area is 120 Å². The lowest BCUT2D eigenvalue weighted by Crippen LogP contribution is -2.40. The second kappa shape index (κ2) is 6.20. The van der Waals surface area contributed by atoms with Crippen molar-refractivity contribution < 1.29 is 9.94 Å². The van der Waals surface area contributed by atoms with Gasteiger partial charge in [-0.2, -0.15) is 0 Å². The summed E-state index contributed by atoms with van der Waals surface area (Å²) in [6.45, 7) is 6.64. The lowest BCUT2D eigenvalue weighted by atomic mass is 10.0. The topological polar surface area (TPSA) is 45.1 Å². The Bertz CT molecular complexity index is 483. The highest BCUT2D eigenvalue weighted by Gasteiger charge is 2.25. The molecule has 1 N–H and O–H groups in total. The van der Waals surface area contributed by atoms with Gasteiger partial charge in [0, 0.05) is 19.5 Å². The maximum atomic E-state index is 9.97. The monoisotopic (exact) mass is 274 g/mol. The van der Waals surface area contributed by atoms with E-state index in [0.29, 0.717) is 6.54 Å². The molecule has 1 aliphatic heterocycles. The SMILES string of the molecule is C=CC(C)(O)CN(C)CC1CC(c2ccccc2)=NO1. The normalized spacial score (nSPS) is 21.2. The molecule has 0 saturated heterocycles. The van der Waals surface area contributed by atoms with E-state index in [4.69, 9.17) is 4.84 Å². The molecule has 2 rings (SSSR count). The van der Waals surface area contributed by atoms with Gasteiger partial charge in [0.05, 0.1) is 11.3 Å². The Morgan fingerprint density at radius 2 is 2.20 bits per heavy atom. The molecular formula is C16H22N2O2. The van der Waals surface area contributed by atoms with Crippen molar-refractivity contribution in [3.05, 3.63) is 48.6 Å². The highest BCUT2D eigenvalue weighted by atomic mass is 16.6. The maximum absolute atomic E-state index is 9.97. The molecule has 20 heavy (non-hydrogen) atoms. The van der Waals surface area contributed by atoms with Gasteiger partial charge in [-0.15, -0.1) is 6.58 Å². The first-order chi connectivity index (χ1) is 9.50. The fourth-order valence-corrected chi connectivity index (χ4v) is 2.35. The molecule has 0 aliphatic carbocycles. The fourth-order valence-electron chi connectivity index (χ4n) is 2.35. The number of aliphatic hydroxyl groups is 1. The highest BCUT2D eigenvalue weighted by molar-refractivity contribution is 6.01. The quantitative estimate of drug-likeness (QED) is 0.808. The summed E-state index contributed by atoms with van der Waals surface area (Å²) in [5.74, 6) is 0. The summed E-state index contributed by atoms with van der Waals surface area (Å²) in [5.41, 5.74) is 1.21. The van der Waals surface area contributed by atoms with E-state index in [1.54, 1.807) is 13.0 Å². The van der Waals surface area contributed by atoms with Crippen LogP contribution in [0.1, 0.15) is 18.9 Å². The highest BCUT2D eigenvalue weighted by Crippen LogP contribution is 2.18. The molecule has 0 amide bonds. The second-order valence-corrected chi connectivity index (χ2v) is 5.59. The minimum absolute atomic E-state index is 0.0378. The molecule has 2 atom stereocenters. The van der Waals surface area contributed by atoms with Gasteiger partial charge in [-0.1, -0.05) is 41.6 Å². The molecule has 4 heteroatoms. The van der Waals surface area contributed by atoms with Gasteiger partial charge < -0.3 is 9.94 Å². The van der Waals surface area contributed by atoms with Gasteiger partial charge in [0.15, 0.2) is 0 Å². The van der Waals surface area contributed by atoms with Crippen molar-refractivity contribution in [3.8, 4) is 0 Å². The predicted octanol–water partition coefficient (Wildman–Crippen LogP) is 2.05. The standard InChI is InChI=1S/C16H22N2O2/c1-4-16(2,19)12-18(3)11-14-10-15(17-20-14)13-8-6-5-7-9-13/h4-9,14,19H,1,10-12H2,2-3H3. The van der Waals surface area contributed by atoms with Gasteiger partial charge in [0.2, 0.25) is 0 Å².